The fourth-order valence-electron chi connectivity index (χ4n) is 1.72. The van der Waals surface area contributed by atoms with E-state index >= 15 is 0 Å². The number of nitriles is 1. The van der Waals surface area contributed by atoms with Crippen LogP contribution in [0, 0.1) is 49.1 Å². The minimum absolute atomic E-state index is 0.0573. The fourth-order valence-corrected chi connectivity index (χ4v) is 1.85. The number of nitro groups is 1. The van der Waals surface area contributed by atoms with Crippen molar-refractivity contribution in [3.8, 4) is 6.07 Å². The van der Waals surface area contributed by atoms with Crippen molar-refractivity contribution in [3.63, 3.8) is 0 Å². The molecular weight excluding hydrogens is 292 g/mol. The molecule has 0 N–H and O–H groups in total. The van der Waals surface area contributed by atoms with Crippen molar-refractivity contribution in [3.05, 3.63) is 37.9 Å². The van der Waals surface area contributed by atoms with Crippen LogP contribution in [0.1, 0.15) is 27.8 Å². The van der Waals surface area contributed by atoms with Crippen LogP contribution >= 0.6 is 12.6 Å². The lowest BCUT2D eigenvalue weighted by atomic mass is 9.93. The lowest BCUT2D eigenvalue weighted by Gasteiger charge is -2.10. The molecule has 0 aliphatic heterocycles. The fraction of sp³-hybridized carbons (Fsp3) is 0.429. The van der Waals surface area contributed by atoms with Gasteiger partial charge in [-0.2, -0.15) is 17.9 Å². The first-order valence-electron chi connectivity index (χ1n) is 6.05. The van der Waals surface area contributed by atoms with Gasteiger partial charge in [0.15, 0.2) is 0 Å². The lowest BCUT2D eigenvalue weighted by molar-refractivity contribution is -0.385. The average Bonchev–Trinajstić information content (AvgIpc) is 2.47. The summed E-state index contributed by atoms with van der Waals surface area (Å²) >= 11 is 3.62. The third-order valence-electron chi connectivity index (χ3n) is 3.31. The number of methoxy groups -OCH3 is 1. The van der Waals surface area contributed by atoms with E-state index in [1.54, 1.807) is 13.8 Å². The van der Waals surface area contributed by atoms with Gasteiger partial charge in [-0.25, -0.2) is 0 Å². The van der Waals surface area contributed by atoms with E-state index in [2.05, 4.69) is 17.4 Å². The molecule has 0 amide bonds. The Morgan fingerprint density at radius 3 is 2.00 bits per heavy atom. The monoisotopic (exact) mass is 310 g/mol. The van der Waals surface area contributed by atoms with Crippen LogP contribution in [0.3, 0.4) is 0 Å². The molecule has 1 rings (SSSR count). The maximum Gasteiger partial charge on any atom is 0.315 e. The van der Waals surface area contributed by atoms with Gasteiger partial charge in [0.1, 0.15) is 11.6 Å². The molecule has 0 heterocycles. The van der Waals surface area contributed by atoms with Crippen LogP contribution in [0.15, 0.2) is 0 Å². The minimum Gasteiger partial charge on any atom is -0.468 e. The molecule has 114 valence electrons. The molecule has 0 aliphatic carbocycles. The molecule has 0 saturated carbocycles. The zero-order chi connectivity index (χ0) is 16.7. The molecule has 0 fully saturated rings. The van der Waals surface area contributed by atoms with Gasteiger partial charge >= 0.3 is 5.97 Å². The molecule has 0 spiro atoms. The minimum atomic E-state index is -0.479. The molecule has 0 aromatic heterocycles. The van der Waals surface area contributed by atoms with Crippen molar-refractivity contribution >= 4 is 24.3 Å². The first-order chi connectivity index (χ1) is 9.72. The van der Waals surface area contributed by atoms with Gasteiger partial charge in [0.05, 0.1) is 17.8 Å². The maximum atomic E-state index is 10.9. The molecule has 1 aromatic carbocycles. The summed E-state index contributed by atoms with van der Waals surface area (Å²) in [6.45, 7) is 7.14. The second-order valence-electron chi connectivity index (χ2n) is 4.33. The first-order valence-corrected chi connectivity index (χ1v) is 6.68. The van der Waals surface area contributed by atoms with Crippen LogP contribution in [0.25, 0.3) is 0 Å². The van der Waals surface area contributed by atoms with Gasteiger partial charge < -0.3 is 4.74 Å². The Labute approximate surface area is 129 Å². The summed E-state index contributed by atoms with van der Waals surface area (Å²) in [6, 6.07) is 1.91. The Morgan fingerprint density at radius 1 is 1.24 bits per heavy atom. The molecule has 21 heavy (non-hydrogen) atoms. The Morgan fingerprint density at radius 2 is 1.71 bits per heavy atom. The molecule has 0 aliphatic rings. The number of nitrogens with zero attached hydrogens (tertiary/aromatic N) is 2. The molecule has 1 aromatic rings. The normalized spacial score (nSPS) is 9.19. The van der Waals surface area contributed by atoms with Crippen LogP contribution in [-0.4, -0.2) is 23.8 Å². The van der Waals surface area contributed by atoms with E-state index in [0.717, 1.165) is 11.1 Å². The predicted octanol–water partition coefficient (Wildman–Crippen LogP) is 2.79. The zero-order valence-electron chi connectivity index (χ0n) is 12.7. The highest BCUT2D eigenvalue weighted by Gasteiger charge is 2.23. The maximum absolute atomic E-state index is 10.9. The molecule has 6 nitrogen and oxygen atoms in total. The number of thiol groups is 1. The van der Waals surface area contributed by atoms with Gasteiger partial charge in [-0.1, -0.05) is 0 Å². The standard InChI is InChI=1S/C11H12N2O2.C3H6O2S/c1-6-7(2)9(4)11(13(14)15)10(5-12)8(6)3;1-5-3(4)2-6/h1-4H3;6H,2H2,1H3. The number of hydrogen-bond acceptors (Lipinski definition) is 6. The number of carbonyl (C=O) groups is 1. The molecule has 7 heteroatoms. The zero-order valence-corrected chi connectivity index (χ0v) is 13.6. The largest absolute Gasteiger partial charge is 0.468 e. The van der Waals surface area contributed by atoms with Gasteiger partial charge in [-0.3, -0.25) is 14.9 Å². The number of benzene rings is 1. The van der Waals surface area contributed by atoms with Crippen molar-refractivity contribution in [2.75, 3.05) is 12.9 Å². The highest BCUT2D eigenvalue weighted by Crippen LogP contribution is 2.31. The highest BCUT2D eigenvalue weighted by atomic mass is 32.1. The number of nitro benzene ring substituents is 1. The van der Waals surface area contributed by atoms with Crippen molar-refractivity contribution in [2.45, 2.75) is 27.7 Å². The smallest absolute Gasteiger partial charge is 0.315 e. The van der Waals surface area contributed by atoms with Crippen LogP contribution < -0.4 is 0 Å². The summed E-state index contributed by atoms with van der Waals surface area (Å²) in [7, 11) is 1.33. The Kier molecular flexibility index (Phi) is 7.45. The van der Waals surface area contributed by atoms with Gasteiger partial charge in [0.2, 0.25) is 0 Å². The number of ether oxygens (including phenoxy) is 1. The third kappa shape index (κ3) is 4.46. The predicted molar refractivity (Wildman–Crippen MR) is 82.6 cm³/mol. The summed E-state index contributed by atoms with van der Waals surface area (Å²) < 4.78 is 4.18. The number of esters is 1. The van der Waals surface area contributed by atoms with Crippen LogP contribution in [0.2, 0.25) is 0 Å². The van der Waals surface area contributed by atoms with E-state index in [-0.39, 0.29) is 23.0 Å². The van der Waals surface area contributed by atoms with Crippen LogP contribution in [0.4, 0.5) is 5.69 Å². The van der Waals surface area contributed by atoms with E-state index in [0.29, 0.717) is 11.1 Å². The summed E-state index contributed by atoms with van der Waals surface area (Å²) in [4.78, 5) is 20.3. The van der Waals surface area contributed by atoms with Crippen molar-refractivity contribution in [1.29, 1.82) is 5.26 Å². The SMILES string of the molecule is COC(=O)CS.Cc1c(C)c(C)c([N+](=O)[O-])c(C#N)c1C. The lowest BCUT2D eigenvalue weighted by Crippen LogP contribution is -2.03. The van der Waals surface area contributed by atoms with Crippen molar-refractivity contribution in [1.82, 2.24) is 0 Å². The molecule has 0 unspecified atom stereocenters. The average molecular weight is 310 g/mol. The summed E-state index contributed by atoms with van der Waals surface area (Å²) in [5.41, 5.74) is 3.25. The summed E-state index contributed by atoms with van der Waals surface area (Å²) in [6.07, 6.45) is 0. The second kappa shape index (κ2) is 8.27. The van der Waals surface area contributed by atoms with Gasteiger partial charge in [-0.15, -0.1) is 0 Å². The molecular formula is C14H18N2O4S. The summed E-state index contributed by atoms with van der Waals surface area (Å²) in [5.74, 6) is -0.130. The quantitative estimate of drug-likeness (QED) is 0.392. The van der Waals surface area contributed by atoms with E-state index in [9.17, 15) is 14.9 Å². The molecule has 0 atom stereocenters. The number of hydrogen-bond donors (Lipinski definition) is 1. The first kappa shape index (κ1) is 18.9. The molecule has 0 bridgehead atoms. The van der Waals surface area contributed by atoms with Crippen molar-refractivity contribution < 1.29 is 14.5 Å². The summed E-state index contributed by atoms with van der Waals surface area (Å²) in [5, 5.41) is 19.8. The van der Waals surface area contributed by atoms with Gasteiger partial charge in [-0.05, 0) is 44.4 Å². The Balaban J connectivity index is 0.000000567. The van der Waals surface area contributed by atoms with Crippen molar-refractivity contribution in [2.24, 2.45) is 0 Å². The van der Waals surface area contributed by atoms with Gasteiger partial charge in [0.25, 0.3) is 5.69 Å². The molecule has 0 saturated heterocycles. The topological polar surface area (TPSA) is 93.2 Å². The van der Waals surface area contributed by atoms with Gasteiger partial charge in [0, 0.05) is 5.56 Å². The number of carbonyl (C=O) groups excluding carboxylic acids is 1. The Bertz CT molecular complexity index is 600. The van der Waals surface area contributed by atoms with E-state index in [1.165, 1.54) is 7.11 Å². The number of rotatable bonds is 2. The Hall–Kier alpha value is -2.07. The van der Waals surface area contributed by atoms with E-state index in [4.69, 9.17) is 5.26 Å². The van der Waals surface area contributed by atoms with E-state index < -0.39 is 4.92 Å². The van der Waals surface area contributed by atoms with E-state index in [1.807, 2.05) is 19.9 Å². The van der Waals surface area contributed by atoms with Crippen LogP contribution in [0.5, 0.6) is 0 Å². The second-order valence-corrected chi connectivity index (χ2v) is 4.64. The molecule has 0 radical (unpaired) electrons. The third-order valence-corrected chi connectivity index (χ3v) is 3.56. The van der Waals surface area contributed by atoms with Crippen LogP contribution in [-0.2, 0) is 9.53 Å². The highest BCUT2D eigenvalue weighted by molar-refractivity contribution is 7.81.